The topological polar surface area (TPSA) is 87.4 Å². The van der Waals surface area contributed by atoms with Crippen LogP contribution in [0.25, 0.3) is 0 Å². The molecule has 7 heteroatoms. The summed E-state index contributed by atoms with van der Waals surface area (Å²) in [5, 5.41) is 15.4. The number of hydrogen-bond donors (Lipinski definition) is 1. The van der Waals surface area contributed by atoms with Crippen molar-refractivity contribution in [3.05, 3.63) is 24.0 Å². The molecule has 0 saturated carbocycles. The Morgan fingerprint density at radius 2 is 2.14 bits per heavy atom. The van der Waals surface area contributed by atoms with Gasteiger partial charge in [0, 0.05) is 14.1 Å². The quantitative estimate of drug-likeness (QED) is 0.660. The van der Waals surface area contributed by atoms with E-state index in [1.807, 2.05) is 7.05 Å². The third-order valence-electron chi connectivity index (χ3n) is 1.96. The summed E-state index contributed by atoms with van der Waals surface area (Å²) >= 11 is 0. The molecule has 1 atom stereocenters. The summed E-state index contributed by atoms with van der Waals surface area (Å²) in [6.07, 6.45) is 3.37. The van der Waals surface area contributed by atoms with E-state index in [2.05, 4.69) is 20.5 Å². The molecule has 0 fully saturated rings. The molecule has 7 nitrogen and oxygen atoms in total. The monoisotopic (exact) mass is 193 g/mol. The van der Waals surface area contributed by atoms with Crippen molar-refractivity contribution >= 4 is 0 Å². The lowest BCUT2D eigenvalue weighted by molar-refractivity contribution is 0.687. The highest BCUT2D eigenvalue weighted by Crippen LogP contribution is 2.12. The van der Waals surface area contributed by atoms with Crippen LogP contribution in [0.15, 0.2) is 12.5 Å². The highest BCUT2D eigenvalue weighted by Gasteiger charge is 2.16. The van der Waals surface area contributed by atoms with Crippen molar-refractivity contribution in [3.63, 3.8) is 0 Å². The molecule has 0 saturated heterocycles. The fraction of sp³-hybridized carbons (Fsp3) is 0.429. The summed E-state index contributed by atoms with van der Waals surface area (Å²) in [5.74, 6) is 0.672. The average Bonchev–Trinajstić information content (AvgIpc) is 2.73. The van der Waals surface area contributed by atoms with Crippen LogP contribution in [0.2, 0.25) is 0 Å². The molecular weight excluding hydrogens is 182 g/mol. The standard InChI is InChI=1S/C7H11N7/c1-13-4-9-11-7(13)6(8)5-3-14(2)12-10-5/h3-4,6H,8H2,1-2H3. The maximum Gasteiger partial charge on any atom is 0.155 e. The molecule has 2 heterocycles. The molecule has 0 aliphatic heterocycles. The van der Waals surface area contributed by atoms with Crippen LogP contribution in [0, 0.1) is 0 Å². The second-order valence-electron chi connectivity index (χ2n) is 3.09. The van der Waals surface area contributed by atoms with Crippen molar-refractivity contribution in [2.24, 2.45) is 19.8 Å². The Balaban J connectivity index is 2.33. The van der Waals surface area contributed by atoms with Crippen LogP contribution in [0.4, 0.5) is 0 Å². The largest absolute Gasteiger partial charge is 0.319 e. The summed E-state index contributed by atoms with van der Waals surface area (Å²) in [6, 6.07) is -0.379. The number of aryl methyl sites for hydroxylation is 2. The smallest absolute Gasteiger partial charge is 0.155 e. The van der Waals surface area contributed by atoms with Crippen LogP contribution in [-0.4, -0.2) is 29.8 Å². The van der Waals surface area contributed by atoms with Crippen molar-refractivity contribution in [2.45, 2.75) is 6.04 Å². The van der Waals surface area contributed by atoms with Crippen molar-refractivity contribution in [1.29, 1.82) is 0 Å². The molecule has 0 radical (unpaired) electrons. The second kappa shape index (κ2) is 3.18. The van der Waals surface area contributed by atoms with E-state index < -0.39 is 0 Å². The van der Waals surface area contributed by atoms with Gasteiger partial charge in [0.25, 0.3) is 0 Å². The Labute approximate surface area is 80.5 Å². The van der Waals surface area contributed by atoms with Gasteiger partial charge >= 0.3 is 0 Å². The summed E-state index contributed by atoms with van der Waals surface area (Å²) < 4.78 is 3.37. The van der Waals surface area contributed by atoms with Crippen molar-refractivity contribution in [1.82, 2.24) is 29.8 Å². The Bertz CT molecular complexity index is 429. The molecule has 0 aromatic carbocycles. The predicted octanol–water partition coefficient (Wildman–Crippen LogP) is -1.01. The molecule has 1 unspecified atom stereocenters. The van der Waals surface area contributed by atoms with Crippen LogP contribution in [-0.2, 0) is 14.1 Å². The number of nitrogens with two attached hydrogens (primary N) is 1. The van der Waals surface area contributed by atoms with Crippen LogP contribution in [0.5, 0.6) is 0 Å². The van der Waals surface area contributed by atoms with Gasteiger partial charge in [-0.1, -0.05) is 5.21 Å². The molecule has 2 N–H and O–H groups in total. The fourth-order valence-electron chi connectivity index (χ4n) is 1.21. The molecule has 0 amide bonds. The van der Waals surface area contributed by atoms with Gasteiger partial charge in [-0.2, -0.15) is 0 Å². The first-order valence-electron chi connectivity index (χ1n) is 4.14. The molecule has 0 bridgehead atoms. The van der Waals surface area contributed by atoms with E-state index in [1.165, 1.54) is 0 Å². The zero-order valence-corrected chi connectivity index (χ0v) is 7.99. The molecule has 74 valence electrons. The third kappa shape index (κ3) is 1.37. The zero-order chi connectivity index (χ0) is 10.1. The number of rotatable bonds is 2. The molecule has 2 rings (SSSR count). The predicted molar refractivity (Wildman–Crippen MR) is 48.0 cm³/mol. The van der Waals surface area contributed by atoms with Crippen LogP contribution < -0.4 is 5.73 Å². The summed E-state index contributed by atoms with van der Waals surface area (Å²) in [7, 11) is 3.63. The average molecular weight is 193 g/mol. The lowest BCUT2D eigenvalue weighted by atomic mass is 10.2. The van der Waals surface area contributed by atoms with Gasteiger partial charge in [-0.05, 0) is 0 Å². The molecule has 2 aromatic heterocycles. The molecule has 0 aliphatic carbocycles. The van der Waals surface area contributed by atoms with Crippen LogP contribution >= 0.6 is 0 Å². The summed E-state index contributed by atoms with van der Waals surface area (Å²) in [4.78, 5) is 0. The SMILES string of the molecule is Cn1cc(C(N)c2nncn2C)nn1. The first-order valence-corrected chi connectivity index (χ1v) is 4.14. The first-order chi connectivity index (χ1) is 6.68. The Kier molecular flexibility index (Phi) is 2.01. The number of aromatic nitrogens is 6. The highest BCUT2D eigenvalue weighted by molar-refractivity contribution is 5.11. The van der Waals surface area contributed by atoms with Crippen LogP contribution in [0.1, 0.15) is 17.6 Å². The van der Waals surface area contributed by atoms with E-state index in [9.17, 15) is 0 Å². The van der Waals surface area contributed by atoms with Gasteiger partial charge < -0.3 is 10.3 Å². The minimum atomic E-state index is -0.379. The van der Waals surface area contributed by atoms with Gasteiger partial charge in [-0.15, -0.1) is 15.3 Å². The maximum atomic E-state index is 5.94. The van der Waals surface area contributed by atoms with E-state index >= 15 is 0 Å². The normalized spacial score (nSPS) is 13.1. The zero-order valence-electron chi connectivity index (χ0n) is 7.99. The van der Waals surface area contributed by atoms with Crippen molar-refractivity contribution < 1.29 is 0 Å². The van der Waals surface area contributed by atoms with E-state index in [4.69, 9.17) is 5.73 Å². The minimum absolute atomic E-state index is 0.379. The lowest BCUT2D eigenvalue weighted by Gasteiger charge is -2.05. The van der Waals surface area contributed by atoms with Crippen LogP contribution in [0.3, 0.4) is 0 Å². The fourth-order valence-corrected chi connectivity index (χ4v) is 1.21. The number of hydrogen-bond acceptors (Lipinski definition) is 5. The Hall–Kier alpha value is -1.76. The highest BCUT2D eigenvalue weighted by atomic mass is 15.4. The third-order valence-corrected chi connectivity index (χ3v) is 1.96. The van der Waals surface area contributed by atoms with Gasteiger partial charge in [-0.25, -0.2) is 0 Å². The number of nitrogens with zero attached hydrogens (tertiary/aromatic N) is 6. The van der Waals surface area contributed by atoms with E-state index in [-0.39, 0.29) is 6.04 Å². The van der Waals surface area contributed by atoms with Gasteiger partial charge in [-0.3, -0.25) is 4.68 Å². The van der Waals surface area contributed by atoms with E-state index in [0.29, 0.717) is 11.5 Å². The minimum Gasteiger partial charge on any atom is -0.319 e. The van der Waals surface area contributed by atoms with Gasteiger partial charge in [0.05, 0.1) is 6.20 Å². The van der Waals surface area contributed by atoms with Gasteiger partial charge in [0.1, 0.15) is 18.1 Å². The maximum absolute atomic E-state index is 5.94. The molecule has 0 spiro atoms. The summed E-state index contributed by atoms with van der Waals surface area (Å²) in [6.45, 7) is 0. The van der Waals surface area contributed by atoms with Gasteiger partial charge in [0.15, 0.2) is 5.82 Å². The van der Waals surface area contributed by atoms with Crippen molar-refractivity contribution in [3.8, 4) is 0 Å². The molecule has 2 aromatic rings. The second-order valence-corrected chi connectivity index (χ2v) is 3.09. The Morgan fingerprint density at radius 1 is 1.36 bits per heavy atom. The summed E-state index contributed by atoms with van der Waals surface area (Å²) in [5.41, 5.74) is 6.62. The Morgan fingerprint density at radius 3 is 2.64 bits per heavy atom. The molecule has 0 aliphatic rings. The van der Waals surface area contributed by atoms with Gasteiger partial charge in [0.2, 0.25) is 0 Å². The molecular formula is C7H11N7. The lowest BCUT2D eigenvalue weighted by Crippen LogP contribution is -2.17. The van der Waals surface area contributed by atoms with Crippen molar-refractivity contribution in [2.75, 3.05) is 0 Å². The van der Waals surface area contributed by atoms with E-state index in [1.54, 1.807) is 28.8 Å². The van der Waals surface area contributed by atoms with E-state index in [0.717, 1.165) is 0 Å². The molecule has 14 heavy (non-hydrogen) atoms. The first kappa shape index (κ1) is 8.82.